The van der Waals surface area contributed by atoms with Crippen LogP contribution < -0.4 is 5.69 Å². The fourth-order valence-corrected chi connectivity index (χ4v) is 5.38. The minimum Gasteiger partial charge on any atom is -0.358 e. The van der Waals surface area contributed by atoms with Gasteiger partial charge in [-0.3, -0.25) is 4.57 Å². The molecule has 1 N–H and O–H groups in total. The number of nitrogens with zero attached hydrogens (tertiary/aromatic N) is 4. The molecule has 0 saturated carbocycles. The molecule has 0 unspecified atom stereocenters. The lowest BCUT2D eigenvalue weighted by atomic mass is 9.85. The number of likely N-dealkylation sites (tertiary alicyclic amines) is 1. The molecule has 31 heavy (non-hydrogen) atoms. The Labute approximate surface area is 182 Å². The van der Waals surface area contributed by atoms with E-state index in [-0.39, 0.29) is 11.5 Å². The van der Waals surface area contributed by atoms with Gasteiger partial charge in [0.15, 0.2) is 0 Å². The smallest absolute Gasteiger partial charge is 0.345 e. The monoisotopic (exact) mass is 425 g/mol. The van der Waals surface area contributed by atoms with Gasteiger partial charge in [0.2, 0.25) is 0 Å². The molecule has 2 aliphatic rings. The number of benzene rings is 1. The number of aromatic amines is 1. The van der Waals surface area contributed by atoms with Crippen molar-refractivity contribution in [3.05, 3.63) is 51.6 Å². The third-order valence-electron chi connectivity index (χ3n) is 7.06. The zero-order chi connectivity index (χ0) is 21.5. The molecule has 166 valence electrons. The van der Waals surface area contributed by atoms with Gasteiger partial charge < -0.3 is 9.88 Å². The third-order valence-corrected chi connectivity index (χ3v) is 7.06. The standard InChI is InChI=1S/C24H32FN5O/c1-16(2)23-22(19-7-6-18(25)15-20(19)26-23)17-8-11-28(12-9-17)13-14-30-24(31)29-10-4-3-5-21(29)27-30/h6-7,15-17,26H,3-5,8-14H2,1-2H3. The van der Waals surface area contributed by atoms with Crippen LogP contribution in [0.25, 0.3) is 10.9 Å². The van der Waals surface area contributed by atoms with Crippen molar-refractivity contribution in [3.63, 3.8) is 0 Å². The Kier molecular flexibility index (Phi) is 5.46. The molecule has 0 radical (unpaired) electrons. The highest BCUT2D eigenvalue weighted by atomic mass is 19.1. The Morgan fingerprint density at radius 2 is 1.97 bits per heavy atom. The van der Waals surface area contributed by atoms with E-state index in [2.05, 4.69) is 28.8 Å². The molecule has 0 aliphatic carbocycles. The Morgan fingerprint density at radius 3 is 2.71 bits per heavy atom. The number of hydrogen-bond donors (Lipinski definition) is 1. The maximum atomic E-state index is 13.7. The van der Waals surface area contributed by atoms with Crippen molar-refractivity contribution >= 4 is 10.9 Å². The molecular formula is C24H32FN5O. The van der Waals surface area contributed by atoms with Crippen molar-refractivity contribution < 1.29 is 4.39 Å². The summed E-state index contributed by atoms with van der Waals surface area (Å²) in [5.74, 6) is 1.62. The van der Waals surface area contributed by atoms with Crippen LogP contribution in [0.4, 0.5) is 4.39 Å². The molecule has 5 rings (SSSR count). The second-order valence-electron chi connectivity index (χ2n) is 9.44. The summed E-state index contributed by atoms with van der Waals surface area (Å²) in [4.78, 5) is 18.5. The predicted octanol–water partition coefficient (Wildman–Crippen LogP) is 4.00. The van der Waals surface area contributed by atoms with Crippen LogP contribution in [0, 0.1) is 5.82 Å². The first kappa shape index (κ1) is 20.5. The number of fused-ring (bicyclic) bond motifs is 2. The van der Waals surface area contributed by atoms with E-state index in [0.29, 0.717) is 18.4 Å². The first-order valence-corrected chi connectivity index (χ1v) is 11.7. The molecule has 0 spiro atoms. The maximum Gasteiger partial charge on any atom is 0.345 e. The number of aryl methyl sites for hydroxylation is 1. The van der Waals surface area contributed by atoms with Gasteiger partial charge in [0.05, 0.1) is 6.54 Å². The summed E-state index contributed by atoms with van der Waals surface area (Å²) in [6.45, 7) is 8.75. The quantitative estimate of drug-likeness (QED) is 0.672. The molecule has 2 aromatic heterocycles. The van der Waals surface area contributed by atoms with Crippen LogP contribution in [0.1, 0.15) is 68.4 Å². The third kappa shape index (κ3) is 3.84. The van der Waals surface area contributed by atoms with Gasteiger partial charge in [0.1, 0.15) is 11.6 Å². The first-order chi connectivity index (χ1) is 15.0. The fourth-order valence-electron chi connectivity index (χ4n) is 5.38. The molecule has 4 heterocycles. The van der Waals surface area contributed by atoms with Crippen molar-refractivity contribution in [1.29, 1.82) is 0 Å². The number of rotatable bonds is 5. The van der Waals surface area contributed by atoms with Crippen molar-refractivity contribution in [2.24, 2.45) is 0 Å². The molecule has 0 atom stereocenters. The molecule has 0 amide bonds. The molecule has 7 heteroatoms. The first-order valence-electron chi connectivity index (χ1n) is 11.7. The Hall–Kier alpha value is -2.41. The normalized spacial score (nSPS) is 18.2. The average molecular weight is 426 g/mol. The molecule has 6 nitrogen and oxygen atoms in total. The average Bonchev–Trinajstić information content (AvgIpc) is 3.30. The summed E-state index contributed by atoms with van der Waals surface area (Å²) in [7, 11) is 0. The number of nitrogens with one attached hydrogen (secondary N) is 1. The second kappa shape index (κ2) is 8.26. The summed E-state index contributed by atoms with van der Waals surface area (Å²) >= 11 is 0. The van der Waals surface area contributed by atoms with Gasteiger partial charge in [0.25, 0.3) is 0 Å². The van der Waals surface area contributed by atoms with E-state index in [1.165, 1.54) is 16.6 Å². The number of hydrogen-bond acceptors (Lipinski definition) is 3. The van der Waals surface area contributed by atoms with Gasteiger partial charge in [0, 0.05) is 36.1 Å². The fraction of sp³-hybridized carbons (Fsp3) is 0.583. The SMILES string of the molecule is CC(C)c1[nH]c2cc(F)ccc2c1C1CCN(CCn2nc3n(c2=O)CCCC3)CC1. The van der Waals surface area contributed by atoms with Gasteiger partial charge in [-0.1, -0.05) is 13.8 Å². The van der Waals surface area contributed by atoms with E-state index >= 15 is 0 Å². The molecule has 2 aliphatic heterocycles. The van der Waals surface area contributed by atoms with Crippen LogP contribution in [0.15, 0.2) is 23.0 Å². The van der Waals surface area contributed by atoms with Gasteiger partial charge in [-0.25, -0.2) is 13.9 Å². The number of aromatic nitrogens is 4. The van der Waals surface area contributed by atoms with Crippen LogP contribution >= 0.6 is 0 Å². The maximum absolute atomic E-state index is 13.7. The second-order valence-corrected chi connectivity index (χ2v) is 9.44. The topological polar surface area (TPSA) is 58.9 Å². The van der Waals surface area contributed by atoms with Crippen molar-refractivity contribution in [2.45, 2.75) is 70.9 Å². The summed E-state index contributed by atoms with van der Waals surface area (Å²) in [6, 6.07) is 5.12. The number of halogens is 1. The largest absolute Gasteiger partial charge is 0.358 e. The summed E-state index contributed by atoms with van der Waals surface area (Å²) in [6.07, 6.45) is 5.28. The number of piperidine rings is 1. The van der Waals surface area contributed by atoms with E-state index in [1.54, 1.807) is 16.8 Å². The molecule has 1 aromatic carbocycles. The molecular weight excluding hydrogens is 393 g/mol. The van der Waals surface area contributed by atoms with Crippen LogP contribution in [0.2, 0.25) is 0 Å². The minimum absolute atomic E-state index is 0.0529. The summed E-state index contributed by atoms with van der Waals surface area (Å²) in [5, 5.41) is 5.73. The Bertz CT molecular complexity index is 1130. The molecule has 1 fully saturated rings. The van der Waals surface area contributed by atoms with E-state index in [4.69, 9.17) is 0 Å². The van der Waals surface area contributed by atoms with Gasteiger partial charge >= 0.3 is 5.69 Å². The van der Waals surface area contributed by atoms with Gasteiger partial charge in [-0.05, 0) is 74.4 Å². The van der Waals surface area contributed by atoms with Crippen LogP contribution in [0.3, 0.4) is 0 Å². The Morgan fingerprint density at radius 1 is 1.16 bits per heavy atom. The van der Waals surface area contributed by atoms with Crippen LogP contribution in [-0.4, -0.2) is 43.9 Å². The lowest BCUT2D eigenvalue weighted by Crippen LogP contribution is -2.37. The van der Waals surface area contributed by atoms with Gasteiger partial charge in [-0.15, -0.1) is 0 Å². The van der Waals surface area contributed by atoms with E-state index in [1.807, 2.05) is 10.6 Å². The Balaban J connectivity index is 1.26. The minimum atomic E-state index is -0.193. The van der Waals surface area contributed by atoms with Gasteiger partial charge in [-0.2, -0.15) is 5.10 Å². The van der Waals surface area contributed by atoms with Crippen molar-refractivity contribution in [1.82, 2.24) is 24.2 Å². The number of H-pyrrole nitrogens is 1. The van der Waals surface area contributed by atoms with Crippen molar-refractivity contribution in [2.75, 3.05) is 19.6 Å². The summed E-state index contributed by atoms with van der Waals surface area (Å²) in [5.41, 5.74) is 3.58. The van der Waals surface area contributed by atoms with E-state index in [0.717, 1.165) is 69.6 Å². The molecule has 3 aromatic rings. The highest BCUT2D eigenvalue weighted by Gasteiger charge is 2.27. The lowest BCUT2D eigenvalue weighted by Gasteiger charge is -2.32. The highest BCUT2D eigenvalue weighted by molar-refractivity contribution is 5.85. The van der Waals surface area contributed by atoms with Crippen LogP contribution in [0.5, 0.6) is 0 Å². The predicted molar refractivity (Wildman–Crippen MR) is 120 cm³/mol. The van der Waals surface area contributed by atoms with Crippen LogP contribution in [-0.2, 0) is 19.5 Å². The summed E-state index contributed by atoms with van der Waals surface area (Å²) < 4.78 is 17.3. The van der Waals surface area contributed by atoms with E-state index in [9.17, 15) is 9.18 Å². The zero-order valence-electron chi connectivity index (χ0n) is 18.5. The molecule has 1 saturated heterocycles. The zero-order valence-corrected chi connectivity index (χ0v) is 18.5. The highest BCUT2D eigenvalue weighted by Crippen LogP contribution is 2.38. The van der Waals surface area contributed by atoms with E-state index < -0.39 is 0 Å². The molecule has 0 bridgehead atoms. The lowest BCUT2D eigenvalue weighted by molar-refractivity contribution is 0.202. The van der Waals surface area contributed by atoms with Crippen molar-refractivity contribution in [3.8, 4) is 0 Å².